The summed E-state index contributed by atoms with van der Waals surface area (Å²) in [7, 11) is 0. The second-order valence-corrected chi connectivity index (χ2v) is 10.4. The van der Waals surface area contributed by atoms with Gasteiger partial charge in [0.05, 0.1) is 11.5 Å². The lowest BCUT2D eigenvalue weighted by atomic mass is 9.95. The van der Waals surface area contributed by atoms with E-state index in [9.17, 15) is 4.79 Å². The molecule has 1 fully saturated rings. The van der Waals surface area contributed by atoms with Crippen molar-refractivity contribution in [1.29, 1.82) is 0 Å². The number of ether oxygens (including phenoxy) is 1. The third-order valence-electron chi connectivity index (χ3n) is 6.75. The van der Waals surface area contributed by atoms with Crippen LogP contribution in [0.15, 0.2) is 12.1 Å². The molecule has 1 aromatic heterocycles. The van der Waals surface area contributed by atoms with Crippen LogP contribution >= 0.6 is 11.3 Å². The lowest BCUT2D eigenvalue weighted by Gasteiger charge is -2.14. The van der Waals surface area contributed by atoms with E-state index in [1.54, 1.807) is 11.3 Å². The first-order chi connectivity index (χ1) is 13.8. The molecular formula is C24H31NO3S. The van der Waals surface area contributed by atoms with Crippen LogP contribution in [-0.4, -0.2) is 24.2 Å². The van der Waals surface area contributed by atoms with Gasteiger partial charge in [0.15, 0.2) is 0 Å². The van der Waals surface area contributed by atoms with Gasteiger partial charge in [-0.15, -0.1) is 11.3 Å². The zero-order valence-corrected chi connectivity index (χ0v) is 18.8. The molecule has 2 N–H and O–H groups in total. The molecule has 1 saturated carbocycles. The fourth-order valence-electron chi connectivity index (χ4n) is 5.19. The number of fused-ring (bicyclic) bond motifs is 3. The number of hydrogen-bond donors (Lipinski definition) is 2. The standard InChI is InChI=1S/C24H31NO3S/c1-13-9-16(10-14(2)21(13)28-8-6-7-26)12-25-23(27)22-17-11-18-20(24(18,4)5)19(17)15(3)29-22/h9-10,18,20,26H,6-8,11-12H2,1-5H3,(H,25,27)/t18-,20-/m1/s1. The molecule has 2 aromatic rings. The largest absolute Gasteiger partial charge is 0.493 e. The van der Waals surface area contributed by atoms with Gasteiger partial charge in [-0.25, -0.2) is 0 Å². The molecule has 156 valence electrons. The van der Waals surface area contributed by atoms with Gasteiger partial charge in [-0.1, -0.05) is 26.0 Å². The first-order valence-electron chi connectivity index (χ1n) is 10.5. The van der Waals surface area contributed by atoms with Crippen molar-refractivity contribution in [3.05, 3.63) is 49.7 Å². The smallest absolute Gasteiger partial charge is 0.261 e. The highest BCUT2D eigenvalue weighted by Crippen LogP contribution is 2.71. The monoisotopic (exact) mass is 413 g/mol. The van der Waals surface area contributed by atoms with Crippen molar-refractivity contribution in [3.63, 3.8) is 0 Å². The second kappa shape index (κ2) is 7.44. The lowest BCUT2D eigenvalue weighted by molar-refractivity contribution is 0.0954. The highest BCUT2D eigenvalue weighted by molar-refractivity contribution is 7.14. The van der Waals surface area contributed by atoms with Crippen molar-refractivity contribution in [3.8, 4) is 5.75 Å². The maximum atomic E-state index is 12.9. The van der Waals surface area contributed by atoms with Crippen LogP contribution in [0.5, 0.6) is 5.75 Å². The second-order valence-electron chi connectivity index (χ2n) is 9.16. The number of aliphatic hydroxyl groups is 1. The van der Waals surface area contributed by atoms with Crippen LogP contribution in [0, 0.1) is 32.1 Å². The molecule has 0 bridgehead atoms. The van der Waals surface area contributed by atoms with Gasteiger partial charge in [0.25, 0.3) is 5.91 Å². The maximum Gasteiger partial charge on any atom is 0.261 e. The van der Waals surface area contributed by atoms with Crippen molar-refractivity contribution in [1.82, 2.24) is 5.32 Å². The van der Waals surface area contributed by atoms with Gasteiger partial charge in [-0.2, -0.15) is 0 Å². The topological polar surface area (TPSA) is 58.6 Å². The third kappa shape index (κ3) is 3.49. The number of rotatable bonds is 7. The van der Waals surface area contributed by atoms with Crippen molar-refractivity contribution in [2.24, 2.45) is 11.3 Å². The Balaban J connectivity index is 1.44. The Morgan fingerprint density at radius 1 is 1.28 bits per heavy atom. The predicted molar refractivity (Wildman–Crippen MR) is 117 cm³/mol. The van der Waals surface area contributed by atoms with Crippen molar-refractivity contribution < 1.29 is 14.6 Å². The van der Waals surface area contributed by atoms with Gasteiger partial charge in [0, 0.05) is 24.4 Å². The van der Waals surface area contributed by atoms with Crippen molar-refractivity contribution in [2.75, 3.05) is 13.2 Å². The molecule has 4 nitrogen and oxygen atoms in total. The third-order valence-corrected chi connectivity index (χ3v) is 7.91. The fraction of sp³-hybridized carbons (Fsp3) is 0.542. The van der Waals surface area contributed by atoms with E-state index in [1.165, 1.54) is 16.0 Å². The highest BCUT2D eigenvalue weighted by Gasteiger charge is 2.63. The summed E-state index contributed by atoms with van der Waals surface area (Å²) in [6.07, 6.45) is 1.68. The molecule has 0 saturated heterocycles. The Bertz CT molecular complexity index is 936. The summed E-state index contributed by atoms with van der Waals surface area (Å²) >= 11 is 1.66. The number of carbonyl (C=O) groups is 1. The van der Waals surface area contributed by atoms with Crippen LogP contribution in [0.2, 0.25) is 0 Å². The van der Waals surface area contributed by atoms with E-state index in [0.29, 0.717) is 30.9 Å². The summed E-state index contributed by atoms with van der Waals surface area (Å²) in [5, 5.41) is 12.1. The summed E-state index contributed by atoms with van der Waals surface area (Å²) in [4.78, 5) is 15.2. The summed E-state index contributed by atoms with van der Waals surface area (Å²) < 4.78 is 5.80. The molecule has 0 spiro atoms. The average molecular weight is 414 g/mol. The van der Waals surface area contributed by atoms with Gasteiger partial charge in [0.1, 0.15) is 5.75 Å². The van der Waals surface area contributed by atoms with E-state index in [-0.39, 0.29) is 12.5 Å². The van der Waals surface area contributed by atoms with Crippen LogP contribution in [0.25, 0.3) is 0 Å². The minimum atomic E-state index is 0.0528. The molecule has 2 aliphatic rings. The summed E-state index contributed by atoms with van der Waals surface area (Å²) in [6, 6.07) is 4.15. The number of hydrogen-bond acceptors (Lipinski definition) is 4. The Hall–Kier alpha value is -1.85. The molecule has 2 atom stereocenters. The zero-order valence-electron chi connectivity index (χ0n) is 18.0. The molecule has 5 heteroatoms. The molecule has 2 aliphatic carbocycles. The number of benzene rings is 1. The number of aryl methyl sites for hydroxylation is 3. The molecule has 1 aromatic carbocycles. The SMILES string of the molecule is Cc1cc(CNC(=O)c2sc(C)c3c2C[C@@H]2[C@H]3C2(C)C)cc(C)c1OCCCO. The van der Waals surface area contributed by atoms with Gasteiger partial charge in [-0.3, -0.25) is 4.79 Å². The van der Waals surface area contributed by atoms with Crippen LogP contribution in [0.3, 0.4) is 0 Å². The number of nitrogens with one attached hydrogen (secondary N) is 1. The average Bonchev–Trinajstić information content (AvgIpc) is 3.00. The molecule has 0 unspecified atom stereocenters. The van der Waals surface area contributed by atoms with Gasteiger partial charge < -0.3 is 15.2 Å². The number of thiophene rings is 1. The van der Waals surface area contributed by atoms with Crippen LogP contribution in [-0.2, 0) is 13.0 Å². The van der Waals surface area contributed by atoms with Gasteiger partial charge in [0.2, 0.25) is 0 Å². The van der Waals surface area contributed by atoms with Gasteiger partial charge >= 0.3 is 0 Å². The molecule has 0 radical (unpaired) electrons. The molecular weight excluding hydrogens is 382 g/mol. The lowest BCUT2D eigenvalue weighted by Crippen LogP contribution is -2.23. The number of amides is 1. The van der Waals surface area contributed by atoms with E-state index in [1.807, 2.05) is 13.8 Å². The van der Waals surface area contributed by atoms with E-state index in [0.717, 1.165) is 39.7 Å². The Morgan fingerprint density at radius 3 is 2.62 bits per heavy atom. The Kier molecular flexibility index (Phi) is 5.24. The maximum absolute atomic E-state index is 12.9. The first kappa shape index (κ1) is 20.4. The molecule has 1 amide bonds. The predicted octanol–water partition coefficient (Wildman–Crippen LogP) is 4.66. The summed E-state index contributed by atoms with van der Waals surface area (Å²) in [6.45, 7) is 12.1. The van der Waals surface area contributed by atoms with Crippen LogP contribution in [0.4, 0.5) is 0 Å². The summed E-state index contributed by atoms with van der Waals surface area (Å²) in [5.41, 5.74) is 6.37. The quantitative estimate of drug-likeness (QED) is 0.649. The van der Waals surface area contributed by atoms with E-state index >= 15 is 0 Å². The fourth-order valence-corrected chi connectivity index (χ4v) is 6.33. The molecule has 4 rings (SSSR count). The van der Waals surface area contributed by atoms with Crippen molar-refractivity contribution in [2.45, 2.75) is 59.9 Å². The minimum Gasteiger partial charge on any atom is -0.493 e. The zero-order chi connectivity index (χ0) is 20.9. The van der Waals surface area contributed by atoms with E-state index < -0.39 is 0 Å². The van der Waals surface area contributed by atoms with Crippen molar-refractivity contribution >= 4 is 17.2 Å². The number of carbonyl (C=O) groups excluding carboxylic acids is 1. The Labute approximate surface area is 177 Å². The van der Waals surface area contributed by atoms with E-state index in [4.69, 9.17) is 9.84 Å². The van der Waals surface area contributed by atoms with E-state index in [2.05, 4.69) is 38.2 Å². The van der Waals surface area contributed by atoms with Crippen LogP contribution < -0.4 is 10.1 Å². The first-order valence-corrected chi connectivity index (χ1v) is 11.3. The normalized spacial score (nSPS) is 20.9. The van der Waals surface area contributed by atoms with Crippen LogP contribution in [0.1, 0.15) is 68.6 Å². The minimum absolute atomic E-state index is 0.0528. The number of aliphatic hydroxyl groups excluding tert-OH is 1. The Morgan fingerprint density at radius 2 is 1.97 bits per heavy atom. The summed E-state index contributed by atoms with van der Waals surface area (Å²) in [5.74, 6) is 2.30. The molecule has 29 heavy (non-hydrogen) atoms. The molecule has 0 aliphatic heterocycles. The van der Waals surface area contributed by atoms with Gasteiger partial charge in [-0.05, 0) is 72.3 Å². The highest BCUT2D eigenvalue weighted by atomic mass is 32.1. The molecule has 1 heterocycles.